The number of halogens is 2. The Hall–Kier alpha value is -1.52. The highest BCUT2D eigenvalue weighted by atomic mass is 19.3. The average molecular weight is 254 g/mol. The van der Waals surface area contributed by atoms with E-state index in [1.54, 1.807) is 12.3 Å². The summed E-state index contributed by atoms with van der Waals surface area (Å²) in [5.41, 5.74) is 0.918. The van der Waals surface area contributed by atoms with E-state index in [1.807, 2.05) is 26.8 Å². The van der Waals surface area contributed by atoms with Crippen molar-refractivity contribution in [3.8, 4) is 0 Å². The first-order valence-corrected chi connectivity index (χ1v) is 5.85. The molecule has 1 N–H and O–H groups in total. The van der Waals surface area contributed by atoms with Crippen LogP contribution in [0.4, 0.5) is 14.6 Å². The fraction of sp³-hybridized carbons (Fsp3) is 0.538. The Morgan fingerprint density at radius 2 is 2.11 bits per heavy atom. The number of alkyl halides is 2. The van der Waals surface area contributed by atoms with E-state index in [-0.39, 0.29) is 11.8 Å². The molecule has 98 valence electrons. The lowest BCUT2D eigenvalue weighted by molar-refractivity contribution is -0.119. The molecule has 0 spiro atoms. The topological polar surface area (TPSA) is 42.0 Å². The van der Waals surface area contributed by atoms with Gasteiger partial charge in [-0.2, -0.15) is 0 Å². The van der Waals surface area contributed by atoms with Crippen molar-refractivity contribution in [2.75, 3.05) is 5.32 Å². The zero-order valence-electron chi connectivity index (χ0n) is 10.6. The molecule has 1 fully saturated rings. The highest BCUT2D eigenvalue weighted by Crippen LogP contribution is 2.49. The Kier molecular flexibility index (Phi) is 2.87. The largest absolute Gasteiger partial charge is 0.310 e. The Balaban J connectivity index is 2.09. The maximum absolute atomic E-state index is 12.7. The van der Waals surface area contributed by atoms with Gasteiger partial charge in [0.15, 0.2) is 0 Å². The van der Waals surface area contributed by atoms with Gasteiger partial charge in [-0.1, -0.05) is 20.8 Å². The molecule has 0 radical (unpaired) electrons. The first-order chi connectivity index (χ1) is 8.20. The summed E-state index contributed by atoms with van der Waals surface area (Å²) in [6.45, 7) is 6.09. The SMILES string of the molecule is CC(C)(C)c1ccnc(NC(=O)C2CC2(F)F)c1. The van der Waals surface area contributed by atoms with Gasteiger partial charge in [0.25, 0.3) is 5.92 Å². The van der Waals surface area contributed by atoms with Gasteiger partial charge in [0.2, 0.25) is 5.91 Å². The van der Waals surface area contributed by atoms with Crippen LogP contribution in [0.2, 0.25) is 0 Å². The molecule has 1 unspecified atom stereocenters. The number of aromatic nitrogens is 1. The van der Waals surface area contributed by atoms with E-state index in [4.69, 9.17) is 0 Å². The van der Waals surface area contributed by atoms with Gasteiger partial charge in [0.05, 0.1) is 0 Å². The quantitative estimate of drug-likeness (QED) is 0.881. The molecular formula is C13H16F2N2O. The maximum atomic E-state index is 12.7. The first kappa shape index (κ1) is 12.9. The Labute approximate surface area is 105 Å². The number of hydrogen-bond acceptors (Lipinski definition) is 2. The average Bonchev–Trinajstić information content (AvgIpc) is 2.87. The van der Waals surface area contributed by atoms with E-state index in [0.717, 1.165) is 5.56 Å². The summed E-state index contributed by atoms with van der Waals surface area (Å²) in [4.78, 5) is 15.5. The highest BCUT2D eigenvalue weighted by molar-refractivity contribution is 5.94. The molecular weight excluding hydrogens is 238 g/mol. The van der Waals surface area contributed by atoms with Crippen molar-refractivity contribution in [3.05, 3.63) is 23.9 Å². The molecule has 1 amide bonds. The van der Waals surface area contributed by atoms with Crippen molar-refractivity contribution in [2.45, 2.75) is 38.5 Å². The third kappa shape index (κ3) is 2.66. The van der Waals surface area contributed by atoms with Crippen LogP contribution in [0.1, 0.15) is 32.8 Å². The minimum absolute atomic E-state index is 0.0774. The Morgan fingerprint density at radius 1 is 1.50 bits per heavy atom. The van der Waals surface area contributed by atoms with Crippen LogP contribution in [-0.4, -0.2) is 16.8 Å². The minimum atomic E-state index is -2.84. The van der Waals surface area contributed by atoms with Crippen molar-refractivity contribution < 1.29 is 13.6 Å². The van der Waals surface area contributed by atoms with Gasteiger partial charge in [-0.25, -0.2) is 13.8 Å². The summed E-state index contributed by atoms with van der Waals surface area (Å²) < 4.78 is 25.5. The van der Waals surface area contributed by atoms with Gasteiger partial charge in [-0.15, -0.1) is 0 Å². The summed E-state index contributed by atoms with van der Waals surface area (Å²) >= 11 is 0. The van der Waals surface area contributed by atoms with Gasteiger partial charge in [0, 0.05) is 12.6 Å². The molecule has 0 aliphatic heterocycles. The third-order valence-electron chi connectivity index (χ3n) is 3.02. The summed E-state index contributed by atoms with van der Waals surface area (Å²) in [7, 11) is 0. The maximum Gasteiger partial charge on any atom is 0.260 e. The minimum Gasteiger partial charge on any atom is -0.310 e. The molecule has 3 nitrogen and oxygen atoms in total. The number of hydrogen-bond donors (Lipinski definition) is 1. The predicted octanol–water partition coefficient (Wildman–Crippen LogP) is 2.97. The van der Waals surface area contributed by atoms with Crippen LogP contribution in [0.5, 0.6) is 0 Å². The van der Waals surface area contributed by atoms with Crippen molar-refractivity contribution >= 4 is 11.7 Å². The van der Waals surface area contributed by atoms with Crippen molar-refractivity contribution in [3.63, 3.8) is 0 Å². The van der Waals surface area contributed by atoms with Crippen molar-refractivity contribution in [2.24, 2.45) is 5.92 Å². The second-order valence-electron chi connectivity index (χ2n) is 5.69. The zero-order chi connectivity index (χ0) is 13.6. The van der Waals surface area contributed by atoms with E-state index in [0.29, 0.717) is 5.82 Å². The molecule has 18 heavy (non-hydrogen) atoms. The number of nitrogens with one attached hydrogen (secondary N) is 1. The molecule has 0 bridgehead atoms. The number of carbonyl (C=O) groups is 1. The molecule has 0 aromatic carbocycles. The number of carbonyl (C=O) groups excluding carboxylic acids is 1. The van der Waals surface area contributed by atoms with Crippen LogP contribution in [0.3, 0.4) is 0 Å². The standard InChI is InChI=1S/C13H16F2N2O/c1-12(2,3)8-4-5-16-10(6-8)17-11(18)9-7-13(9,14)15/h4-6,9H,7H2,1-3H3,(H,16,17,18). The molecule has 2 rings (SSSR count). The molecule has 1 atom stereocenters. The monoisotopic (exact) mass is 254 g/mol. The summed E-state index contributed by atoms with van der Waals surface area (Å²) in [6, 6.07) is 3.57. The van der Waals surface area contributed by atoms with Crippen LogP contribution < -0.4 is 5.32 Å². The molecule has 1 aliphatic rings. The molecule has 1 saturated carbocycles. The molecule has 1 aromatic rings. The van der Waals surface area contributed by atoms with Gasteiger partial charge in [-0.3, -0.25) is 4.79 Å². The van der Waals surface area contributed by atoms with Crippen molar-refractivity contribution in [1.82, 2.24) is 4.98 Å². The van der Waals surface area contributed by atoms with Crippen LogP contribution in [0, 0.1) is 5.92 Å². The molecule has 5 heteroatoms. The fourth-order valence-electron chi connectivity index (χ4n) is 1.68. The number of amides is 1. The van der Waals surface area contributed by atoms with Crippen LogP contribution in [0.15, 0.2) is 18.3 Å². The van der Waals surface area contributed by atoms with Gasteiger partial charge in [0.1, 0.15) is 11.7 Å². The molecule has 0 saturated heterocycles. The fourth-order valence-corrected chi connectivity index (χ4v) is 1.68. The zero-order valence-corrected chi connectivity index (χ0v) is 10.6. The van der Waals surface area contributed by atoms with E-state index >= 15 is 0 Å². The first-order valence-electron chi connectivity index (χ1n) is 5.85. The second-order valence-corrected chi connectivity index (χ2v) is 5.69. The highest BCUT2D eigenvalue weighted by Gasteiger charge is 2.61. The number of anilines is 1. The van der Waals surface area contributed by atoms with Gasteiger partial charge < -0.3 is 5.32 Å². The normalized spacial score (nSPS) is 21.5. The lowest BCUT2D eigenvalue weighted by Gasteiger charge is -2.19. The predicted molar refractivity (Wildman–Crippen MR) is 64.6 cm³/mol. The van der Waals surface area contributed by atoms with Crippen LogP contribution >= 0.6 is 0 Å². The summed E-state index contributed by atoms with van der Waals surface area (Å²) in [6.07, 6.45) is 1.21. The Morgan fingerprint density at radius 3 is 2.61 bits per heavy atom. The van der Waals surface area contributed by atoms with Gasteiger partial charge >= 0.3 is 0 Å². The van der Waals surface area contributed by atoms with E-state index < -0.39 is 17.7 Å². The number of nitrogens with zero attached hydrogens (tertiary/aromatic N) is 1. The van der Waals surface area contributed by atoms with Crippen molar-refractivity contribution in [1.29, 1.82) is 0 Å². The smallest absolute Gasteiger partial charge is 0.260 e. The molecule has 1 aromatic heterocycles. The van der Waals surface area contributed by atoms with E-state index in [9.17, 15) is 13.6 Å². The number of pyridine rings is 1. The van der Waals surface area contributed by atoms with E-state index in [1.165, 1.54) is 0 Å². The Bertz CT molecular complexity index is 480. The summed E-state index contributed by atoms with van der Waals surface area (Å²) in [5.74, 6) is -4.36. The lowest BCUT2D eigenvalue weighted by atomic mass is 9.88. The number of rotatable bonds is 2. The molecule has 1 aliphatic carbocycles. The lowest BCUT2D eigenvalue weighted by Crippen LogP contribution is -2.19. The van der Waals surface area contributed by atoms with Gasteiger partial charge in [-0.05, 0) is 23.1 Å². The van der Waals surface area contributed by atoms with E-state index in [2.05, 4.69) is 10.3 Å². The second kappa shape index (κ2) is 4.00. The van der Waals surface area contributed by atoms with Crippen LogP contribution in [-0.2, 0) is 10.2 Å². The molecule has 1 heterocycles. The summed E-state index contributed by atoms with van der Waals surface area (Å²) in [5, 5.41) is 2.44. The third-order valence-corrected chi connectivity index (χ3v) is 3.02. The van der Waals surface area contributed by atoms with Crippen LogP contribution in [0.25, 0.3) is 0 Å².